The number of halogens is 2. The summed E-state index contributed by atoms with van der Waals surface area (Å²) >= 11 is 12.5. The zero-order valence-corrected chi connectivity index (χ0v) is 28.9. The molecule has 0 aliphatic carbocycles. The van der Waals surface area contributed by atoms with E-state index in [4.69, 9.17) is 27.9 Å². The monoisotopic (exact) mass is 730 g/mol. The predicted molar refractivity (Wildman–Crippen MR) is 191 cm³/mol. The van der Waals surface area contributed by atoms with E-state index >= 15 is 0 Å². The zero-order chi connectivity index (χ0) is 35.6. The Morgan fingerprint density at radius 2 is 1.68 bits per heavy atom. The molecule has 12 nitrogen and oxygen atoms in total. The summed E-state index contributed by atoms with van der Waals surface area (Å²) < 4.78 is 36.2. The maximum atomic E-state index is 13.5. The lowest BCUT2D eigenvalue weighted by Gasteiger charge is -2.10. The van der Waals surface area contributed by atoms with Crippen LogP contribution < -0.4 is 14.8 Å². The van der Waals surface area contributed by atoms with E-state index < -0.39 is 31.4 Å². The first-order valence-corrected chi connectivity index (χ1v) is 17.3. The molecular formula is C35H28Cl2N6O6S. The molecule has 0 bridgehead atoms. The number of nitro groups is 1. The Bertz CT molecular complexity index is 2340. The van der Waals surface area contributed by atoms with Crippen molar-refractivity contribution in [3.63, 3.8) is 0 Å². The topological polar surface area (TPSA) is 158 Å². The minimum absolute atomic E-state index is 0.0956. The molecule has 2 N–H and O–H groups in total. The van der Waals surface area contributed by atoms with Gasteiger partial charge in [0, 0.05) is 40.4 Å². The first-order valence-electron chi connectivity index (χ1n) is 15.1. The van der Waals surface area contributed by atoms with Crippen LogP contribution in [0.15, 0.2) is 102 Å². The summed E-state index contributed by atoms with van der Waals surface area (Å²) in [4.78, 5) is 28.2. The second-order valence-corrected chi connectivity index (χ2v) is 13.9. The minimum atomic E-state index is -4.56. The van der Waals surface area contributed by atoms with Gasteiger partial charge in [0.25, 0.3) is 21.6 Å². The quantitative estimate of drug-likeness (QED) is 0.100. The van der Waals surface area contributed by atoms with Crippen LogP contribution in [0.3, 0.4) is 0 Å². The molecule has 4 aromatic carbocycles. The van der Waals surface area contributed by atoms with Gasteiger partial charge in [0.15, 0.2) is 5.69 Å². The van der Waals surface area contributed by atoms with Crippen LogP contribution in [-0.4, -0.2) is 34.0 Å². The van der Waals surface area contributed by atoms with Crippen molar-refractivity contribution in [2.45, 2.75) is 31.8 Å². The molecule has 1 amide bonds. The van der Waals surface area contributed by atoms with Crippen LogP contribution in [0.5, 0.6) is 11.5 Å². The third-order valence-corrected chi connectivity index (χ3v) is 9.90. The van der Waals surface area contributed by atoms with Gasteiger partial charge >= 0.3 is 0 Å². The molecular weight excluding hydrogens is 703 g/mol. The van der Waals surface area contributed by atoms with Crippen LogP contribution in [0.1, 0.15) is 32.7 Å². The van der Waals surface area contributed by atoms with Crippen molar-refractivity contribution in [1.29, 1.82) is 0 Å². The Labute approximate surface area is 296 Å². The predicted octanol–water partition coefficient (Wildman–Crippen LogP) is 7.83. The van der Waals surface area contributed by atoms with Crippen LogP contribution in [0.2, 0.25) is 10.0 Å². The van der Waals surface area contributed by atoms with Gasteiger partial charge in [0.2, 0.25) is 0 Å². The number of fused-ring (bicyclic) bond motifs is 1. The Kier molecular flexibility index (Phi) is 9.73. The number of carbonyl (C=O) groups excluding carboxylic acids is 1. The average molecular weight is 732 g/mol. The van der Waals surface area contributed by atoms with E-state index in [-0.39, 0.29) is 24.5 Å². The summed E-state index contributed by atoms with van der Waals surface area (Å²) in [7, 11) is -4.56. The second-order valence-electron chi connectivity index (χ2n) is 11.4. The number of aryl methyl sites for hydroxylation is 2. The highest BCUT2D eigenvalue weighted by Gasteiger charge is 2.26. The Morgan fingerprint density at radius 1 is 0.940 bits per heavy atom. The summed E-state index contributed by atoms with van der Waals surface area (Å²) in [6.45, 7) is 4.27. The molecule has 2 aromatic heterocycles. The van der Waals surface area contributed by atoms with Gasteiger partial charge in [-0.25, -0.2) is 13.1 Å². The number of pyridine rings is 1. The molecule has 6 aromatic rings. The number of nitrogens with one attached hydrogen (secondary N) is 2. The third kappa shape index (κ3) is 7.54. The van der Waals surface area contributed by atoms with E-state index in [1.165, 1.54) is 18.2 Å². The fraction of sp³-hybridized carbons (Fsp3) is 0.114. The molecule has 15 heteroatoms. The molecule has 0 aliphatic rings. The van der Waals surface area contributed by atoms with E-state index in [1.54, 1.807) is 53.5 Å². The number of carbonyl (C=O) groups is 1. The van der Waals surface area contributed by atoms with E-state index in [1.807, 2.05) is 42.8 Å². The maximum Gasteiger partial charge on any atom is 0.293 e. The lowest BCUT2D eigenvalue weighted by atomic mass is 10.1. The first-order chi connectivity index (χ1) is 23.9. The lowest BCUT2D eigenvalue weighted by molar-refractivity contribution is -0.384. The molecule has 2 heterocycles. The normalized spacial score (nSPS) is 11.4. The largest absolute Gasteiger partial charge is 0.457 e. The van der Waals surface area contributed by atoms with Crippen molar-refractivity contribution < 1.29 is 22.9 Å². The van der Waals surface area contributed by atoms with Crippen molar-refractivity contribution in [2.75, 3.05) is 5.32 Å². The molecule has 0 atom stereocenters. The van der Waals surface area contributed by atoms with Gasteiger partial charge in [0.05, 0.1) is 21.9 Å². The number of anilines is 1. The maximum absolute atomic E-state index is 13.5. The molecule has 0 unspecified atom stereocenters. The molecule has 0 saturated heterocycles. The minimum Gasteiger partial charge on any atom is -0.457 e. The van der Waals surface area contributed by atoms with Crippen molar-refractivity contribution in [2.24, 2.45) is 0 Å². The van der Waals surface area contributed by atoms with Crippen molar-refractivity contribution in [3.05, 3.63) is 145 Å². The van der Waals surface area contributed by atoms with Crippen LogP contribution in [0.4, 0.5) is 11.4 Å². The smallest absolute Gasteiger partial charge is 0.293 e. The number of hydrogen-bond donors (Lipinski definition) is 2. The van der Waals surface area contributed by atoms with Crippen LogP contribution in [0.25, 0.3) is 10.9 Å². The number of benzene rings is 4. The Balaban J connectivity index is 1.22. The van der Waals surface area contributed by atoms with E-state index in [2.05, 4.69) is 15.4 Å². The average Bonchev–Trinajstić information content (AvgIpc) is 3.44. The number of nitrogens with zero attached hydrogens (tertiary/aromatic N) is 4. The molecule has 0 aliphatic heterocycles. The van der Waals surface area contributed by atoms with Crippen molar-refractivity contribution in [1.82, 2.24) is 19.5 Å². The van der Waals surface area contributed by atoms with Crippen LogP contribution >= 0.6 is 23.2 Å². The standard InChI is InChI=1S/C35H28Cl2N6O6S/c1-21-14-27(15-22(2)33(21)37)49-26-8-5-23(6-9-26)20-42-31-12-7-25(36)16-29(31)34(40-42)35(44)41-50(47,48)28-10-11-30(32(17-28)43(45)46)39-19-24-4-3-13-38-18-24/h3-18,39H,19-20H2,1-2H3,(H,41,44). The first kappa shape index (κ1) is 34.4. The molecule has 0 saturated carbocycles. The fourth-order valence-electron chi connectivity index (χ4n) is 5.29. The van der Waals surface area contributed by atoms with E-state index in [0.29, 0.717) is 32.4 Å². The summed E-state index contributed by atoms with van der Waals surface area (Å²) in [5.74, 6) is 0.227. The number of hydrogen-bond acceptors (Lipinski definition) is 9. The molecule has 0 fully saturated rings. The van der Waals surface area contributed by atoms with E-state index in [0.717, 1.165) is 28.3 Å². The Hall–Kier alpha value is -5.50. The van der Waals surface area contributed by atoms with Gasteiger partial charge in [-0.3, -0.25) is 24.6 Å². The van der Waals surface area contributed by atoms with Gasteiger partial charge in [-0.05, 0) is 96.8 Å². The highest BCUT2D eigenvalue weighted by atomic mass is 35.5. The summed E-state index contributed by atoms with van der Waals surface area (Å²) in [6.07, 6.45) is 3.20. The SMILES string of the molecule is Cc1cc(Oc2ccc(Cn3nc(C(=O)NS(=O)(=O)c4ccc(NCc5cccnc5)c([N+](=O)[O-])c4)c4cc(Cl)ccc43)cc2)cc(C)c1Cl. The highest BCUT2D eigenvalue weighted by Crippen LogP contribution is 2.31. The fourth-order valence-corrected chi connectivity index (χ4v) is 6.54. The van der Waals surface area contributed by atoms with Gasteiger partial charge < -0.3 is 10.1 Å². The molecule has 6 rings (SSSR count). The Morgan fingerprint density at radius 3 is 2.36 bits per heavy atom. The molecule has 0 radical (unpaired) electrons. The van der Waals surface area contributed by atoms with Gasteiger partial charge in [0.1, 0.15) is 17.2 Å². The highest BCUT2D eigenvalue weighted by molar-refractivity contribution is 7.90. The van der Waals surface area contributed by atoms with Crippen LogP contribution in [0, 0.1) is 24.0 Å². The van der Waals surface area contributed by atoms with Crippen molar-refractivity contribution >= 4 is 61.4 Å². The number of nitro benzene ring substituents is 1. The molecule has 0 spiro atoms. The summed E-state index contributed by atoms with van der Waals surface area (Å²) in [6, 6.07) is 22.7. The third-order valence-electron chi connectivity index (χ3n) is 7.74. The summed E-state index contributed by atoms with van der Waals surface area (Å²) in [5, 5.41) is 20.6. The van der Waals surface area contributed by atoms with Gasteiger partial charge in [-0.2, -0.15) is 5.10 Å². The van der Waals surface area contributed by atoms with Crippen molar-refractivity contribution in [3.8, 4) is 11.5 Å². The number of sulfonamides is 1. The summed E-state index contributed by atoms with van der Waals surface area (Å²) in [5.41, 5.74) is 3.35. The lowest BCUT2D eigenvalue weighted by Crippen LogP contribution is -2.31. The van der Waals surface area contributed by atoms with Crippen LogP contribution in [-0.2, 0) is 23.1 Å². The molecule has 50 heavy (non-hydrogen) atoms. The number of rotatable bonds is 11. The van der Waals surface area contributed by atoms with Gasteiger partial charge in [-0.15, -0.1) is 0 Å². The molecule has 254 valence electrons. The number of aromatic nitrogens is 3. The van der Waals surface area contributed by atoms with Gasteiger partial charge in [-0.1, -0.05) is 41.4 Å². The number of ether oxygens (including phenoxy) is 1. The zero-order valence-electron chi connectivity index (χ0n) is 26.6. The second kappa shape index (κ2) is 14.2. The van der Waals surface area contributed by atoms with E-state index in [9.17, 15) is 23.3 Å². The number of amides is 1.